The van der Waals surface area contributed by atoms with Crippen LogP contribution in [0.5, 0.6) is 5.75 Å². The number of hydrogen-bond donors (Lipinski definition) is 2. The Hall–Kier alpha value is -1.43. The molecule has 0 spiro atoms. The minimum atomic E-state index is -2.95. The van der Waals surface area contributed by atoms with E-state index in [4.69, 9.17) is 10.5 Å². The maximum absolute atomic E-state index is 13.0. The standard InChI is InChI=1S/C11H17F2N3O/c1-8(2)17-9-4-3-5-15-10(9)16-7-11(12,13)6-14/h3-5,8H,6-7,14H2,1-2H3,(H,15,16). The summed E-state index contributed by atoms with van der Waals surface area (Å²) in [6.07, 6.45) is 1.46. The SMILES string of the molecule is CC(C)Oc1cccnc1NCC(F)(F)CN. The van der Waals surface area contributed by atoms with Gasteiger partial charge in [0.2, 0.25) is 0 Å². The molecule has 0 fully saturated rings. The van der Waals surface area contributed by atoms with Crippen molar-refractivity contribution in [3.8, 4) is 5.75 Å². The average molecular weight is 245 g/mol. The van der Waals surface area contributed by atoms with Gasteiger partial charge in [0.1, 0.15) is 0 Å². The summed E-state index contributed by atoms with van der Waals surface area (Å²) < 4.78 is 31.4. The Morgan fingerprint density at radius 1 is 1.53 bits per heavy atom. The zero-order chi connectivity index (χ0) is 12.9. The second-order valence-electron chi connectivity index (χ2n) is 3.93. The molecule has 1 aromatic rings. The van der Waals surface area contributed by atoms with E-state index in [1.807, 2.05) is 13.8 Å². The van der Waals surface area contributed by atoms with E-state index in [1.54, 1.807) is 12.1 Å². The fraction of sp³-hybridized carbons (Fsp3) is 0.545. The quantitative estimate of drug-likeness (QED) is 0.803. The van der Waals surface area contributed by atoms with Crippen molar-refractivity contribution in [1.82, 2.24) is 4.98 Å². The van der Waals surface area contributed by atoms with Gasteiger partial charge in [0.25, 0.3) is 5.92 Å². The van der Waals surface area contributed by atoms with Crippen molar-refractivity contribution in [2.45, 2.75) is 25.9 Å². The lowest BCUT2D eigenvalue weighted by Gasteiger charge is -2.17. The first-order chi connectivity index (χ1) is 7.94. The number of rotatable bonds is 6. The van der Waals surface area contributed by atoms with Crippen molar-refractivity contribution in [3.63, 3.8) is 0 Å². The lowest BCUT2D eigenvalue weighted by Crippen LogP contribution is -2.35. The van der Waals surface area contributed by atoms with E-state index in [0.29, 0.717) is 11.6 Å². The highest BCUT2D eigenvalue weighted by molar-refractivity contribution is 5.49. The van der Waals surface area contributed by atoms with E-state index in [2.05, 4.69) is 10.3 Å². The van der Waals surface area contributed by atoms with Crippen LogP contribution >= 0.6 is 0 Å². The summed E-state index contributed by atoms with van der Waals surface area (Å²) in [5.74, 6) is -2.20. The number of alkyl halides is 2. The Labute approximate surface area is 99.2 Å². The van der Waals surface area contributed by atoms with Crippen LogP contribution in [0.4, 0.5) is 14.6 Å². The van der Waals surface area contributed by atoms with Gasteiger partial charge in [-0.3, -0.25) is 0 Å². The van der Waals surface area contributed by atoms with Gasteiger partial charge in [0, 0.05) is 6.20 Å². The molecule has 4 nitrogen and oxygen atoms in total. The van der Waals surface area contributed by atoms with E-state index >= 15 is 0 Å². The third-order valence-electron chi connectivity index (χ3n) is 1.95. The number of ether oxygens (including phenoxy) is 1. The summed E-state index contributed by atoms with van der Waals surface area (Å²) in [7, 11) is 0. The molecule has 0 unspecified atom stereocenters. The number of aromatic nitrogens is 1. The molecule has 96 valence electrons. The molecular formula is C11H17F2N3O. The Morgan fingerprint density at radius 2 is 2.24 bits per heavy atom. The first-order valence-corrected chi connectivity index (χ1v) is 5.38. The molecule has 0 aliphatic heterocycles. The Morgan fingerprint density at radius 3 is 2.82 bits per heavy atom. The molecule has 0 bridgehead atoms. The molecule has 0 aromatic carbocycles. The molecule has 1 heterocycles. The van der Waals surface area contributed by atoms with E-state index < -0.39 is 19.0 Å². The lowest BCUT2D eigenvalue weighted by atomic mass is 10.3. The zero-order valence-electron chi connectivity index (χ0n) is 9.91. The van der Waals surface area contributed by atoms with Gasteiger partial charge in [-0.2, -0.15) is 0 Å². The van der Waals surface area contributed by atoms with Gasteiger partial charge < -0.3 is 15.8 Å². The third-order valence-corrected chi connectivity index (χ3v) is 1.95. The predicted octanol–water partition coefficient (Wildman–Crippen LogP) is 1.87. The second kappa shape index (κ2) is 5.77. The van der Waals surface area contributed by atoms with Gasteiger partial charge in [-0.1, -0.05) is 0 Å². The maximum Gasteiger partial charge on any atom is 0.276 e. The number of halogens is 2. The van der Waals surface area contributed by atoms with E-state index in [-0.39, 0.29) is 6.10 Å². The largest absolute Gasteiger partial charge is 0.487 e. The van der Waals surface area contributed by atoms with E-state index in [9.17, 15) is 8.78 Å². The molecule has 0 radical (unpaired) electrons. The van der Waals surface area contributed by atoms with Crippen molar-refractivity contribution in [3.05, 3.63) is 18.3 Å². The first kappa shape index (κ1) is 13.6. The minimum absolute atomic E-state index is 0.0465. The van der Waals surface area contributed by atoms with Gasteiger partial charge in [-0.05, 0) is 26.0 Å². The summed E-state index contributed by atoms with van der Waals surface area (Å²) in [5.41, 5.74) is 4.95. The van der Waals surface area contributed by atoms with Crippen molar-refractivity contribution in [1.29, 1.82) is 0 Å². The van der Waals surface area contributed by atoms with Crippen molar-refractivity contribution in [2.24, 2.45) is 5.73 Å². The molecule has 1 aromatic heterocycles. The summed E-state index contributed by atoms with van der Waals surface area (Å²) in [6, 6.07) is 3.36. The van der Waals surface area contributed by atoms with Gasteiger partial charge in [0.15, 0.2) is 11.6 Å². The molecule has 0 saturated carbocycles. The number of anilines is 1. The number of hydrogen-bond acceptors (Lipinski definition) is 4. The molecule has 0 atom stereocenters. The summed E-state index contributed by atoms with van der Waals surface area (Å²) >= 11 is 0. The van der Waals surface area contributed by atoms with Crippen LogP contribution in [0.15, 0.2) is 18.3 Å². The molecular weight excluding hydrogens is 228 g/mol. The predicted molar refractivity (Wildman–Crippen MR) is 62.5 cm³/mol. The van der Waals surface area contributed by atoms with Gasteiger partial charge in [-0.25, -0.2) is 13.8 Å². The van der Waals surface area contributed by atoms with Crippen LogP contribution in [0.25, 0.3) is 0 Å². The number of nitrogens with one attached hydrogen (secondary N) is 1. The lowest BCUT2D eigenvalue weighted by molar-refractivity contribution is 0.0252. The summed E-state index contributed by atoms with van der Waals surface area (Å²) in [6.45, 7) is 2.44. The van der Waals surface area contributed by atoms with Crippen LogP contribution < -0.4 is 15.8 Å². The van der Waals surface area contributed by atoms with Crippen LogP contribution in [0.1, 0.15) is 13.8 Å². The molecule has 0 aliphatic carbocycles. The fourth-order valence-electron chi connectivity index (χ4n) is 1.16. The molecule has 0 amide bonds. The molecule has 1 rings (SSSR count). The summed E-state index contributed by atoms with van der Waals surface area (Å²) in [4.78, 5) is 3.96. The normalized spacial score (nSPS) is 11.6. The smallest absolute Gasteiger partial charge is 0.276 e. The monoisotopic (exact) mass is 245 g/mol. The van der Waals surface area contributed by atoms with Crippen LogP contribution in [-0.2, 0) is 0 Å². The fourth-order valence-corrected chi connectivity index (χ4v) is 1.16. The van der Waals surface area contributed by atoms with Crippen LogP contribution in [0, 0.1) is 0 Å². The molecule has 3 N–H and O–H groups in total. The van der Waals surface area contributed by atoms with Crippen molar-refractivity contribution in [2.75, 3.05) is 18.4 Å². The van der Waals surface area contributed by atoms with Crippen molar-refractivity contribution >= 4 is 5.82 Å². The third kappa shape index (κ3) is 4.52. The number of nitrogens with two attached hydrogens (primary N) is 1. The Kier molecular flexibility index (Phi) is 4.62. The highest BCUT2D eigenvalue weighted by Crippen LogP contribution is 2.23. The highest BCUT2D eigenvalue weighted by atomic mass is 19.3. The van der Waals surface area contributed by atoms with Gasteiger partial charge in [-0.15, -0.1) is 0 Å². The highest BCUT2D eigenvalue weighted by Gasteiger charge is 2.26. The van der Waals surface area contributed by atoms with E-state index in [0.717, 1.165) is 0 Å². The Balaban J connectivity index is 2.70. The molecule has 17 heavy (non-hydrogen) atoms. The van der Waals surface area contributed by atoms with Gasteiger partial charge >= 0.3 is 0 Å². The molecule has 6 heteroatoms. The van der Waals surface area contributed by atoms with Crippen LogP contribution in [-0.4, -0.2) is 30.1 Å². The average Bonchev–Trinajstić information content (AvgIpc) is 2.27. The van der Waals surface area contributed by atoms with Crippen LogP contribution in [0.3, 0.4) is 0 Å². The minimum Gasteiger partial charge on any atom is -0.487 e. The van der Waals surface area contributed by atoms with E-state index in [1.165, 1.54) is 6.20 Å². The maximum atomic E-state index is 13.0. The van der Waals surface area contributed by atoms with Crippen molar-refractivity contribution < 1.29 is 13.5 Å². The Bertz CT molecular complexity index is 358. The molecule has 0 saturated heterocycles. The topological polar surface area (TPSA) is 60.2 Å². The summed E-state index contributed by atoms with van der Waals surface area (Å²) in [5, 5.41) is 2.54. The number of pyridine rings is 1. The second-order valence-corrected chi connectivity index (χ2v) is 3.93. The van der Waals surface area contributed by atoms with Gasteiger partial charge in [0.05, 0.1) is 19.2 Å². The zero-order valence-corrected chi connectivity index (χ0v) is 9.91. The number of nitrogens with zero attached hydrogens (tertiary/aromatic N) is 1. The first-order valence-electron chi connectivity index (χ1n) is 5.38. The van der Waals surface area contributed by atoms with Crippen LogP contribution in [0.2, 0.25) is 0 Å². The molecule has 0 aliphatic rings.